The van der Waals surface area contributed by atoms with Gasteiger partial charge in [0.2, 0.25) is 0 Å². The van der Waals surface area contributed by atoms with E-state index in [2.05, 4.69) is 16.6 Å². The van der Waals surface area contributed by atoms with Crippen LogP contribution in [0.5, 0.6) is 0 Å². The number of hydrogen-bond acceptors (Lipinski definition) is 4. The van der Waals surface area contributed by atoms with Crippen molar-refractivity contribution in [1.82, 2.24) is 4.98 Å². The molecule has 86 valence electrons. The second kappa shape index (κ2) is 7.37. The standard InChI is InChI=1S/C11H14ClN3S/c1-16-7-3-2-5-14-11-10(12)9(8-13)4-6-15-11/h4,6H,2-3,5,7H2,1H3,(H,14,15). The Hall–Kier alpha value is -0.920. The van der Waals surface area contributed by atoms with Crippen LogP contribution in [-0.4, -0.2) is 23.5 Å². The van der Waals surface area contributed by atoms with Crippen molar-refractivity contribution >= 4 is 29.2 Å². The first-order valence-corrected chi connectivity index (χ1v) is 6.84. The number of nitrogens with one attached hydrogen (secondary N) is 1. The molecule has 0 bridgehead atoms. The first-order valence-electron chi connectivity index (χ1n) is 5.07. The highest BCUT2D eigenvalue weighted by molar-refractivity contribution is 7.98. The molecule has 5 heteroatoms. The number of nitriles is 1. The van der Waals surface area contributed by atoms with Gasteiger partial charge in [0.1, 0.15) is 16.9 Å². The van der Waals surface area contributed by atoms with Gasteiger partial charge >= 0.3 is 0 Å². The van der Waals surface area contributed by atoms with Crippen LogP contribution >= 0.6 is 23.4 Å². The van der Waals surface area contributed by atoms with Crippen LogP contribution in [0.3, 0.4) is 0 Å². The van der Waals surface area contributed by atoms with E-state index in [-0.39, 0.29) is 0 Å². The van der Waals surface area contributed by atoms with E-state index < -0.39 is 0 Å². The number of unbranched alkanes of at least 4 members (excludes halogenated alkanes) is 1. The van der Waals surface area contributed by atoms with Gasteiger partial charge in [0.15, 0.2) is 0 Å². The van der Waals surface area contributed by atoms with Gasteiger partial charge in [0.05, 0.1) is 5.56 Å². The lowest BCUT2D eigenvalue weighted by atomic mass is 10.3. The minimum Gasteiger partial charge on any atom is -0.369 e. The number of nitrogens with zero attached hydrogens (tertiary/aromatic N) is 2. The molecule has 0 amide bonds. The number of pyridine rings is 1. The molecule has 0 unspecified atom stereocenters. The van der Waals surface area contributed by atoms with Crippen LogP contribution in [0, 0.1) is 11.3 Å². The summed E-state index contributed by atoms with van der Waals surface area (Å²) >= 11 is 7.84. The predicted octanol–water partition coefficient (Wildman–Crippen LogP) is 3.16. The maximum absolute atomic E-state index is 8.79. The summed E-state index contributed by atoms with van der Waals surface area (Å²) in [7, 11) is 0. The van der Waals surface area contributed by atoms with E-state index in [0.29, 0.717) is 16.4 Å². The normalized spacial score (nSPS) is 9.81. The molecule has 1 aromatic rings. The summed E-state index contributed by atoms with van der Waals surface area (Å²) in [6.07, 6.45) is 5.94. The molecular formula is C11H14ClN3S. The van der Waals surface area contributed by atoms with E-state index in [1.807, 2.05) is 17.8 Å². The first-order chi connectivity index (χ1) is 7.79. The molecule has 0 fully saturated rings. The van der Waals surface area contributed by atoms with Crippen molar-refractivity contribution in [2.75, 3.05) is 23.9 Å². The second-order valence-electron chi connectivity index (χ2n) is 3.26. The van der Waals surface area contributed by atoms with Crippen LogP contribution < -0.4 is 5.32 Å². The molecule has 16 heavy (non-hydrogen) atoms. The summed E-state index contributed by atoms with van der Waals surface area (Å²) in [6, 6.07) is 3.64. The van der Waals surface area contributed by atoms with Crippen LogP contribution in [0.15, 0.2) is 12.3 Å². The van der Waals surface area contributed by atoms with Gasteiger partial charge in [-0.15, -0.1) is 0 Å². The van der Waals surface area contributed by atoms with Crippen molar-refractivity contribution in [3.63, 3.8) is 0 Å². The molecular weight excluding hydrogens is 242 g/mol. The fourth-order valence-corrected chi connectivity index (χ4v) is 1.95. The van der Waals surface area contributed by atoms with Gasteiger partial charge in [0.25, 0.3) is 0 Å². The van der Waals surface area contributed by atoms with Crippen molar-refractivity contribution < 1.29 is 0 Å². The molecule has 0 atom stereocenters. The highest BCUT2D eigenvalue weighted by Crippen LogP contribution is 2.22. The molecule has 0 spiro atoms. The average Bonchev–Trinajstić information content (AvgIpc) is 2.31. The van der Waals surface area contributed by atoms with Gasteiger partial charge < -0.3 is 5.32 Å². The highest BCUT2D eigenvalue weighted by Gasteiger charge is 2.05. The molecule has 0 aromatic carbocycles. The largest absolute Gasteiger partial charge is 0.369 e. The van der Waals surface area contributed by atoms with Gasteiger partial charge in [-0.05, 0) is 30.9 Å². The lowest BCUT2D eigenvalue weighted by molar-refractivity contribution is 0.840. The third-order valence-corrected chi connectivity index (χ3v) is 3.16. The average molecular weight is 256 g/mol. The Morgan fingerprint density at radius 3 is 3.06 bits per heavy atom. The van der Waals surface area contributed by atoms with Gasteiger partial charge in [-0.1, -0.05) is 11.6 Å². The number of hydrogen-bond donors (Lipinski definition) is 1. The van der Waals surface area contributed by atoms with Crippen LogP contribution in [0.4, 0.5) is 5.82 Å². The van der Waals surface area contributed by atoms with Crippen LogP contribution in [0.1, 0.15) is 18.4 Å². The van der Waals surface area contributed by atoms with Crippen molar-refractivity contribution in [3.05, 3.63) is 22.8 Å². The Kier molecular flexibility index (Phi) is 6.05. The smallest absolute Gasteiger partial charge is 0.146 e. The summed E-state index contributed by atoms with van der Waals surface area (Å²) < 4.78 is 0. The molecule has 0 radical (unpaired) electrons. The lowest BCUT2D eigenvalue weighted by Crippen LogP contribution is -2.04. The topological polar surface area (TPSA) is 48.7 Å². The Balaban J connectivity index is 2.45. The van der Waals surface area contributed by atoms with Gasteiger partial charge in [0, 0.05) is 12.7 Å². The SMILES string of the molecule is CSCCCCNc1nccc(C#N)c1Cl. The Labute approximate surface area is 105 Å². The van der Waals surface area contributed by atoms with E-state index >= 15 is 0 Å². The number of aromatic nitrogens is 1. The number of anilines is 1. The molecule has 0 saturated heterocycles. The van der Waals surface area contributed by atoms with E-state index in [1.165, 1.54) is 12.2 Å². The second-order valence-corrected chi connectivity index (χ2v) is 4.62. The summed E-state index contributed by atoms with van der Waals surface area (Å²) in [5.74, 6) is 1.77. The van der Waals surface area contributed by atoms with E-state index in [1.54, 1.807) is 12.3 Å². The zero-order chi connectivity index (χ0) is 11.8. The molecule has 1 aromatic heterocycles. The zero-order valence-corrected chi connectivity index (χ0v) is 10.7. The molecule has 0 aliphatic heterocycles. The van der Waals surface area contributed by atoms with E-state index in [4.69, 9.17) is 16.9 Å². The lowest BCUT2D eigenvalue weighted by Gasteiger charge is -2.07. The van der Waals surface area contributed by atoms with Crippen LogP contribution in [0.2, 0.25) is 5.02 Å². The van der Waals surface area contributed by atoms with E-state index in [0.717, 1.165) is 13.0 Å². The van der Waals surface area contributed by atoms with Gasteiger partial charge in [-0.25, -0.2) is 4.98 Å². The molecule has 0 aliphatic carbocycles. The molecule has 0 aliphatic rings. The first kappa shape index (κ1) is 13.1. The summed E-state index contributed by atoms with van der Waals surface area (Å²) in [5, 5.41) is 12.3. The Morgan fingerprint density at radius 1 is 1.56 bits per heavy atom. The summed E-state index contributed by atoms with van der Waals surface area (Å²) in [4.78, 5) is 4.11. The highest BCUT2D eigenvalue weighted by atomic mass is 35.5. The van der Waals surface area contributed by atoms with Crippen molar-refractivity contribution in [1.29, 1.82) is 5.26 Å². The number of thioether (sulfide) groups is 1. The molecule has 0 saturated carbocycles. The van der Waals surface area contributed by atoms with Gasteiger partial charge in [-0.3, -0.25) is 0 Å². The quantitative estimate of drug-likeness (QED) is 0.794. The van der Waals surface area contributed by atoms with Crippen LogP contribution in [0.25, 0.3) is 0 Å². The minimum absolute atomic E-state index is 0.412. The Bertz CT molecular complexity index is 376. The summed E-state index contributed by atoms with van der Waals surface area (Å²) in [5.41, 5.74) is 0.461. The maximum atomic E-state index is 8.79. The monoisotopic (exact) mass is 255 g/mol. The number of rotatable bonds is 6. The Morgan fingerprint density at radius 2 is 2.38 bits per heavy atom. The van der Waals surface area contributed by atoms with E-state index in [9.17, 15) is 0 Å². The third-order valence-electron chi connectivity index (χ3n) is 2.08. The maximum Gasteiger partial charge on any atom is 0.146 e. The molecule has 1 rings (SSSR count). The summed E-state index contributed by atoms with van der Waals surface area (Å²) in [6.45, 7) is 0.835. The van der Waals surface area contributed by atoms with Crippen molar-refractivity contribution in [3.8, 4) is 6.07 Å². The molecule has 1 N–H and O–H groups in total. The fraction of sp³-hybridized carbons (Fsp3) is 0.455. The van der Waals surface area contributed by atoms with Crippen molar-refractivity contribution in [2.45, 2.75) is 12.8 Å². The van der Waals surface area contributed by atoms with Crippen LogP contribution in [-0.2, 0) is 0 Å². The molecule has 1 heterocycles. The third kappa shape index (κ3) is 3.92. The molecule has 3 nitrogen and oxygen atoms in total. The van der Waals surface area contributed by atoms with Crippen molar-refractivity contribution in [2.24, 2.45) is 0 Å². The number of halogens is 1. The predicted molar refractivity (Wildman–Crippen MR) is 70.1 cm³/mol. The fourth-order valence-electron chi connectivity index (χ4n) is 1.23. The van der Waals surface area contributed by atoms with Gasteiger partial charge in [-0.2, -0.15) is 17.0 Å². The minimum atomic E-state index is 0.412. The zero-order valence-electron chi connectivity index (χ0n) is 9.16.